The van der Waals surface area contributed by atoms with Crippen molar-refractivity contribution in [1.29, 1.82) is 0 Å². The first-order chi connectivity index (χ1) is 9.07. The van der Waals surface area contributed by atoms with Crippen LogP contribution in [0.3, 0.4) is 0 Å². The Morgan fingerprint density at radius 2 is 1.15 bits per heavy atom. The number of carbonyl (C=O) groups excluding carboxylic acids is 1. The van der Waals surface area contributed by atoms with E-state index in [1.54, 1.807) is 0 Å². The van der Waals surface area contributed by atoms with Gasteiger partial charge in [0.25, 0.3) is 0 Å². The zero-order valence-electron chi connectivity index (χ0n) is 10.7. The number of aliphatic carboxylic acids is 3. The fourth-order valence-corrected chi connectivity index (χ4v) is 0.824. The van der Waals surface area contributed by atoms with Crippen molar-refractivity contribution in [2.75, 3.05) is 0 Å². The lowest BCUT2D eigenvalue weighted by Crippen LogP contribution is -2.31. The highest BCUT2D eigenvalue weighted by atomic mass is 16.4. The van der Waals surface area contributed by atoms with Crippen LogP contribution in [-0.4, -0.2) is 51.2 Å². The summed E-state index contributed by atoms with van der Waals surface area (Å²) in [7, 11) is 0. The first-order valence-corrected chi connectivity index (χ1v) is 5.54. The van der Waals surface area contributed by atoms with Gasteiger partial charge in [0.05, 0.1) is 0 Å². The summed E-state index contributed by atoms with van der Waals surface area (Å²) in [5.74, 6) is -3.84. The Morgan fingerprint density at radius 1 is 0.800 bits per heavy atom. The van der Waals surface area contributed by atoms with E-state index >= 15 is 0 Å². The normalized spacial score (nSPS) is 12.5. The van der Waals surface area contributed by atoms with Gasteiger partial charge in [-0.3, -0.25) is 19.2 Å². The summed E-state index contributed by atoms with van der Waals surface area (Å²) in [6.07, 6.45) is -0.101. The largest absolute Gasteiger partial charge is 0.481 e. The highest BCUT2D eigenvalue weighted by Gasteiger charge is 2.12. The van der Waals surface area contributed by atoms with Crippen molar-refractivity contribution in [2.45, 2.75) is 37.8 Å². The van der Waals surface area contributed by atoms with Crippen molar-refractivity contribution < 1.29 is 34.5 Å². The molecule has 0 aliphatic heterocycles. The second kappa shape index (κ2) is 10.7. The molecule has 0 radical (unpaired) electrons. The molecule has 0 aliphatic rings. The molecule has 0 aromatic rings. The third-order valence-electron chi connectivity index (χ3n) is 2.01. The van der Waals surface area contributed by atoms with Crippen LogP contribution in [0.4, 0.5) is 0 Å². The standard InChI is InChI=1S/C5H10N2O3.C5H9NO4/c2*6-3(5(9)10)1-2-4(7)8/h3H,1-2,6H2,(H2,7,8)(H,9,10);3H,1-2,6H2,(H,7,8)(H,9,10)/t2*3-/m00/s1. The fraction of sp³-hybridized carbons (Fsp3) is 0.600. The second-order valence-corrected chi connectivity index (χ2v) is 3.83. The van der Waals surface area contributed by atoms with Gasteiger partial charge in [0.1, 0.15) is 12.1 Å². The number of carboxylic acid groups (broad SMARTS) is 3. The van der Waals surface area contributed by atoms with Gasteiger partial charge in [0, 0.05) is 12.8 Å². The Balaban J connectivity index is 0. The lowest BCUT2D eigenvalue weighted by Gasteiger charge is -2.01. The molecule has 10 heteroatoms. The van der Waals surface area contributed by atoms with Crippen molar-refractivity contribution >= 4 is 23.8 Å². The molecule has 2 atom stereocenters. The van der Waals surface area contributed by atoms with Gasteiger partial charge < -0.3 is 32.5 Å². The molecule has 10 nitrogen and oxygen atoms in total. The molecule has 0 heterocycles. The van der Waals surface area contributed by atoms with Crippen LogP contribution in [-0.2, 0) is 19.2 Å². The molecule has 0 unspecified atom stereocenters. The van der Waals surface area contributed by atoms with Crippen LogP contribution in [0, 0.1) is 0 Å². The third-order valence-corrected chi connectivity index (χ3v) is 2.01. The van der Waals surface area contributed by atoms with E-state index in [4.69, 9.17) is 32.5 Å². The highest BCUT2D eigenvalue weighted by molar-refractivity contribution is 5.77. The molecule has 0 aliphatic carbocycles. The van der Waals surface area contributed by atoms with Gasteiger partial charge in [-0.2, -0.15) is 0 Å². The fourth-order valence-electron chi connectivity index (χ4n) is 0.824. The average Bonchev–Trinajstić information content (AvgIpc) is 2.33. The molecule has 0 saturated heterocycles. The van der Waals surface area contributed by atoms with Gasteiger partial charge in [-0.05, 0) is 12.8 Å². The zero-order chi connectivity index (χ0) is 16.3. The molecule has 0 bridgehead atoms. The summed E-state index contributed by atoms with van der Waals surface area (Å²) in [6, 6.07) is -2.04. The maximum atomic E-state index is 10.1. The monoisotopic (exact) mass is 293 g/mol. The maximum absolute atomic E-state index is 10.1. The minimum absolute atomic E-state index is 0.0213. The summed E-state index contributed by atoms with van der Waals surface area (Å²) < 4.78 is 0. The van der Waals surface area contributed by atoms with Gasteiger partial charge in [-0.15, -0.1) is 0 Å². The van der Waals surface area contributed by atoms with Crippen LogP contribution in [0.15, 0.2) is 0 Å². The van der Waals surface area contributed by atoms with E-state index in [2.05, 4.69) is 0 Å². The van der Waals surface area contributed by atoms with Crippen LogP contribution in [0.1, 0.15) is 25.7 Å². The van der Waals surface area contributed by atoms with E-state index in [1.165, 1.54) is 0 Å². The highest BCUT2D eigenvalue weighted by Crippen LogP contribution is 1.93. The molecular formula is C10H19N3O7. The molecule has 0 aromatic heterocycles. The van der Waals surface area contributed by atoms with Crippen LogP contribution in [0.25, 0.3) is 0 Å². The Labute approximate surface area is 114 Å². The van der Waals surface area contributed by atoms with E-state index in [0.29, 0.717) is 0 Å². The quantitative estimate of drug-likeness (QED) is 0.290. The Hall–Kier alpha value is -2.20. The van der Waals surface area contributed by atoms with Gasteiger partial charge in [-0.25, -0.2) is 0 Å². The van der Waals surface area contributed by atoms with Crippen molar-refractivity contribution in [2.24, 2.45) is 17.2 Å². The van der Waals surface area contributed by atoms with Gasteiger partial charge in [0.15, 0.2) is 0 Å². The van der Waals surface area contributed by atoms with E-state index in [-0.39, 0.29) is 25.7 Å². The summed E-state index contributed by atoms with van der Waals surface area (Å²) in [5.41, 5.74) is 14.8. The molecule has 0 fully saturated rings. The average molecular weight is 293 g/mol. The summed E-state index contributed by atoms with van der Waals surface area (Å²) >= 11 is 0. The number of hydrogen-bond donors (Lipinski definition) is 6. The first kappa shape index (κ1) is 20.1. The van der Waals surface area contributed by atoms with Crippen LogP contribution in [0.2, 0.25) is 0 Å². The van der Waals surface area contributed by atoms with Gasteiger partial charge in [-0.1, -0.05) is 0 Å². The number of nitrogens with two attached hydrogens (primary N) is 3. The molecule has 9 N–H and O–H groups in total. The smallest absolute Gasteiger partial charge is 0.320 e. The number of amides is 1. The van der Waals surface area contributed by atoms with Crippen LogP contribution in [0.5, 0.6) is 0 Å². The minimum atomic E-state index is -1.17. The van der Waals surface area contributed by atoms with Crippen molar-refractivity contribution in [3.63, 3.8) is 0 Å². The lowest BCUT2D eigenvalue weighted by molar-refractivity contribution is -0.140. The molecule has 1 amide bonds. The molecule has 0 saturated carbocycles. The van der Waals surface area contributed by atoms with Crippen LogP contribution >= 0.6 is 0 Å². The second-order valence-electron chi connectivity index (χ2n) is 3.83. The maximum Gasteiger partial charge on any atom is 0.320 e. The Bertz CT molecular complexity index is 325. The number of hydrogen-bond acceptors (Lipinski definition) is 6. The predicted molar refractivity (Wildman–Crippen MR) is 66.5 cm³/mol. The summed E-state index contributed by atoms with van der Waals surface area (Å²) in [6.45, 7) is 0. The number of primary amides is 1. The first-order valence-electron chi connectivity index (χ1n) is 5.54. The molecule has 0 aromatic carbocycles. The van der Waals surface area contributed by atoms with Gasteiger partial charge in [0.2, 0.25) is 5.91 Å². The molecule has 0 spiro atoms. The molecule has 0 rings (SSSR count). The van der Waals surface area contributed by atoms with E-state index < -0.39 is 35.9 Å². The van der Waals surface area contributed by atoms with E-state index in [1.807, 2.05) is 0 Å². The van der Waals surface area contributed by atoms with Crippen LogP contribution < -0.4 is 17.2 Å². The topological polar surface area (TPSA) is 207 Å². The number of carbonyl (C=O) groups is 4. The summed E-state index contributed by atoms with van der Waals surface area (Å²) in [5, 5.41) is 24.5. The Kier molecular flexibility index (Phi) is 10.8. The number of rotatable bonds is 8. The molecular weight excluding hydrogens is 274 g/mol. The summed E-state index contributed by atoms with van der Waals surface area (Å²) in [4.78, 5) is 40.0. The third kappa shape index (κ3) is 13.9. The number of carboxylic acids is 3. The molecule has 116 valence electrons. The molecule has 20 heavy (non-hydrogen) atoms. The predicted octanol–water partition coefficient (Wildman–Crippen LogP) is -2.07. The van der Waals surface area contributed by atoms with E-state index in [9.17, 15) is 19.2 Å². The zero-order valence-corrected chi connectivity index (χ0v) is 10.7. The SMILES string of the molecule is NC(=O)CC[C@H](N)C(=O)O.N[C@@H](CCC(=O)O)C(=O)O. The lowest BCUT2D eigenvalue weighted by atomic mass is 10.2. The van der Waals surface area contributed by atoms with E-state index in [0.717, 1.165) is 0 Å². The Morgan fingerprint density at radius 3 is 1.40 bits per heavy atom. The van der Waals surface area contributed by atoms with Gasteiger partial charge >= 0.3 is 17.9 Å². The van der Waals surface area contributed by atoms with Crippen molar-refractivity contribution in [1.82, 2.24) is 0 Å². The van der Waals surface area contributed by atoms with Crippen molar-refractivity contribution in [3.05, 3.63) is 0 Å². The van der Waals surface area contributed by atoms with Crippen molar-refractivity contribution in [3.8, 4) is 0 Å². The minimum Gasteiger partial charge on any atom is -0.481 e.